The molecule has 0 N–H and O–H groups in total. The first-order valence-electron chi connectivity index (χ1n) is 8.18. The molecule has 24 heavy (non-hydrogen) atoms. The molecule has 5 nitrogen and oxygen atoms in total. The van der Waals surface area contributed by atoms with E-state index in [1.54, 1.807) is 25.0 Å². The lowest BCUT2D eigenvalue weighted by Crippen LogP contribution is -2.34. The van der Waals surface area contributed by atoms with E-state index in [1.165, 1.54) is 0 Å². The highest BCUT2D eigenvalue weighted by molar-refractivity contribution is 5.88. The van der Waals surface area contributed by atoms with Crippen LogP contribution in [0, 0.1) is 0 Å². The van der Waals surface area contributed by atoms with Gasteiger partial charge in [0.25, 0.3) is 0 Å². The Morgan fingerprint density at radius 2 is 1.79 bits per heavy atom. The summed E-state index contributed by atoms with van der Waals surface area (Å²) in [6.07, 6.45) is 2.52. The van der Waals surface area contributed by atoms with E-state index in [-0.39, 0.29) is 18.3 Å². The number of ether oxygens (including phenoxy) is 2. The maximum absolute atomic E-state index is 12.3. The van der Waals surface area contributed by atoms with Gasteiger partial charge in [-0.2, -0.15) is 0 Å². The van der Waals surface area contributed by atoms with Crippen LogP contribution >= 0.6 is 0 Å². The van der Waals surface area contributed by atoms with Crippen LogP contribution in [0.25, 0.3) is 0 Å². The van der Waals surface area contributed by atoms with Gasteiger partial charge in [0.1, 0.15) is 5.75 Å². The van der Waals surface area contributed by atoms with Crippen molar-refractivity contribution in [3.63, 3.8) is 0 Å². The van der Waals surface area contributed by atoms with Gasteiger partial charge in [0, 0.05) is 19.2 Å². The second-order valence-corrected chi connectivity index (χ2v) is 5.70. The highest BCUT2D eigenvalue weighted by Crippen LogP contribution is 2.12. The summed E-state index contributed by atoms with van der Waals surface area (Å²) in [7, 11) is 1.63. The highest BCUT2D eigenvalue weighted by atomic mass is 16.5. The number of allylic oxidation sites excluding steroid dienone is 1. The second kappa shape index (κ2) is 10.5. The second-order valence-electron chi connectivity index (χ2n) is 5.70. The van der Waals surface area contributed by atoms with E-state index in [4.69, 9.17) is 9.47 Å². The topological polar surface area (TPSA) is 55.8 Å². The molecule has 0 spiro atoms. The number of esters is 1. The Morgan fingerprint density at radius 1 is 1.12 bits per heavy atom. The molecule has 1 aromatic rings. The van der Waals surface area contributed by atoms with E-state index >= 15 is 0 Å². The number of methoxy groups -OCH3 is 1. The summed E-state index contributed by atoms with van der Waals surface area (Å²) in [5.41, 5.74) is 2.05. The Balaban J connectivity index is 2.67. The molecule has 0 aliphatic heterocycles. The Morgan fingerprint density at radius 3 is 2.33 bits per heavy atom. The predicted molar refractivity (Wildman–Crippen MR) is 94.0 cm³/mol. The van der Waals surface area contributed by atoms with Crippen molar-refractivity contribution in [2.75, 3.05) is 26.8 Å². The molecule has 0 aromatic heterocycles. The quantitative estimate of drug-likeness (QED) is 0.515. The van der Waals surface area contributed by atoms with Gasteiger partial charge in [0.05, 0.1) is 20.1 Å². The Bertz CT molecular complexity index is 559. The van der Waals surface area contributed by atoms with Gasteiger partial charge in [0.15, 0.2) is 0 Å². The van der Waals surface area contributed by atoms with Gasteiger partial charge in [-0.05, 0) is 44.9 Å². The van der Waals surface area contributed by atoms with Crippen LogP contribution in [0.5, 0.6) is 5.75 Å². The van der Waals surface area contributed by atoms with Crippen molar-refractivity contribution in [1.82, 2.24) is 4.90 Å². The largest absolute Gasteiger partial charge is 0.497 e. The van der Waals surface area contributed by atoms with Crippen LogP contribution in [-0.4, -0.2) is 43.6 Å². The van der Waals surface area contributed by atoms with Crippen LogP contribution in [0.15, 0.2) is 35.9 Å². The van der Waals surface area contributed by atoms with Gasteiger partial charge in [-0.25, -0.2) is 0 Å². The molecule has 1 rings (SSSR count). The SMILES string of the molecule is CCOC(=O)CCN(CCc1ccc(OC)cc1)C(=O)C=C(C)C. The molecule has 0 saturated heterocycles. The Kier molecular flexibility index (Phi) is 8.61. The monoisotopic (exact) mass is 333 g/mol. The molecular weight excluding hydrogens is 306 g/mol. The number of carbonyl (C=O) groups is 2. The van der Waals surface area contributed by atoms with Crippen molar-refractivity contribution in [2.45, 2.75) is 33.6 Å². The van der Waals surface area contributed by atoms with Gasteiger partial charge in [0.2, 0.25) is 5.91 Å². The molecule has 0 unspecified atom stereocenters. The van der Waals surface area contributed by atoms with Crippen molar-refractivity contribution in [3.05, 3.63) is 41.5 Å². The summed E-state index contributed by atoms with van der Waals surface area (Å²) in [4.78, 5) is 25.6. The van der Waals surface area contributed by atoms with Crippen molar-refractivity contribution < 1.29 is 19.1 Å². The fourth-order valence-electron chi connectivity index (χ4n) is 2.19. The van der Waals surface area contributed by atoms with Crippen LogP contribution in [0.1, 0.15) is 32.8 Å². The van der Waals surface area contributed by atoms with E-state index < -0.39 is 0 Å². The molecular formula is C19H27NO4. The van der Waals surface area contributed by atoms with Gasteiger partial charge < -0.3 is 14.4 Å². The first kappa shape index (κ1) is 19.7. The third kappa shape index (κ3) is 7.31. The molecule has 0 aliphatic rings. The Hall–Kier alpha value is -2.30. The number of hydrogen-bond acceptors (Lipinski definition) is 4. The van der Waals surface area contributed by atoms with Crippen molar-refractivity contribution in [2.24, 2.45) is 0 Å². The van der Waals surface area contributed by atoms with Crippen LogP contribution in [0.2, 0.25) is 0 Å². The zero-order valence-electron chi connectivity index (χ0n) is 15.0. The molecule has 5 heteroatoms. The van der Waals surface area contributed by atoms with Crippen LogP contribution < -0.4 is 4.74 Å². The van der Waals surface area contributed by atoms with Crippen LogP contribution in [0.3, 0.4) is 0 Å². The van der Waals surface area contributed by atoms with Crippen LogP contribution in [0.4, 0.5) is 0 Å². The standard InChI is InChI=1S/C19H27NO4/c1-5-24-19(22)11-13-20(18(21)14-15(2)3)12-10-16-6-8-17(23-4)9-7-16/h6-9,14H,5,10-13H2,1-4H3. The fourth-order valence-corrected chi connectivity index (χ4v) is 2.19. The van der Waals surface area contributed by atoms with E-state index in [9.17, 15) is 9.59 Å². The molecule has 0 aliphatic carbocycles. The first-order chi connectivity index (χ1) is 11.5. The molecule has 0 bridgehead atoms. The van der Waals surface area contributed by atoms with Crippen molar-refractivity contribution >= 4 is 11.9 Å². The minimum absolute atomic E-state index is 0.0761. The zero-order chi connectivity index (χ0) is 17.9. The molecule has 1 aromatic carbocycles. The van der Waals surface area contributed by atoms with Gasteiger partial charge >= 0.3 is 5.97 Å². The summed E-state index contributed by atoms with van der Waals surface area (Å²) in [6, 6.07) is 7.76. The summed E-state index contributed by atoms with van der Waals surface area (Å²) < 4.78 is 10.1. The van der Waals surface area contributed by atoms with E-state index in [1.807, 2.05) is 38.1 Å². The van der Waals surface area contributed by atoms with E-state index in [0.717, 1.165) is 23.3 Å². The summed E-state index contributed by atoms with van der Waals surface area (Å²) in [6.45, 7) is 6.79. The summed E-state index contributed by atoms with van der Waals surface area (Å²) in [5, 5.41) is 0. The number of benzene rings is 1. The van der Waals surface area contributed by atoms with Crippen LogP contribution in [-0.2, 0) is 20.7 Å². The summed E-state index contributed by atoms with van der Waals surface area (Å²) >= 11 is 0. The number of carbonyl (C=O) groups excluding carboxylic acids is 2. The maximum Gasteiger partial charge on any atom is 0.307 e. The van der Waals surface area contributed by atoms with E-state index in [0.29, 0.717) is 19.7 Å². The van der Waals surface area contributed by atoms with Gasteiger partial charge in [-0.3, -0.25) is 9.59 Å². The normalized spacial score (nSPS) is 10.0. The maximum atomic E-state index is 12.3. The first-order valence-corrected chi connectivity index (χ1v) is 8.18. The third-order valence-electron chi connectivity index (χ3n) is 3.44. The summed E-state index contributed by atoms with van der Waals surface area (Å²) in [5.74, 6) is 0.447. The molecule has 1 amide bonds. The third-order valence-corrected chi connectivity index (χ3v) is 3.44. The number of rotatable bonds is 9. The van der Waals surface area contributed by atoms with Gasteiger partial charge in [-0.1, -0.05) is 17.7 Å². The fraction of sp³-hybridized carbons (Fsp3) is 0.474. The smallest absolute Gasteiger partial charge is 0.307 e. The number of amides is 1. The number of hydrogen-bond donors (Lipinski definition) is 0. The lowest BCUT2D eigenvalue weighted by atomic mass is 10.1. The minimum Gasteiger partial charge on any atom is -0.497 e. The number of nitrogens with zero attached hydrogens (tertiary/aromatic N) is 1. The van der Waals surface area contributed by atoms with Crippen molar-refractivity contribution in [3.8, 4) is 5.75 Å². The Labute approximate surface area is 144 Å². The average Bonchev–Trinajstić information content (AvgIpc) is 2.54. The molecule has 0 saturated carbocycles. The molecule has 0 atom stereocenters. The lowest BCUT2D eigenvalue weighted by Gasteiger charge is -2.21. The molecule has 0 fully saturated rings. The van der Waals surface area contributed by atoms with Crippen molar-refractivity contribution in [1.29, 1.82) is 0 Å². The lowest BCUT2D eigenvalue weighted by molar-refractivity contribution is -0.143. The molecule has 0 radical (unpaired) electrons. The highest BCUT2D eigenvalue weighted by Gasteiger charge is 2.13. The molecule has 132 valence electrons. The zero-order valence-corrected chi connectivity index (χ0v) is 15.0. The van der Waals surface area contributed by atoms with Gasteiger partial charge in [-0.15, -0.1) is 0 Å². The molecule has 0 heterocycles. The predicted octanol–water partition coefficient (Wildman–Crippen LogP) is 2.99. The minimum atomic E-state index is -0.281. The average molecular weight is 333 g/mol. The van der Waals surface area contributed by atoms with E-state index in [2.05, 4.69) is 0 Å².